The molecule has 0 fully saturated rings. The van der Waals surface area contributed by atoms with Crippen molar-refractivity contribution in [3.8, 4) is 0 Å². The predicted octanol–water partition coefficient (Wildman–Crippen LogP) is 1.61. The van der Waals surface area contributed by atoms with Crippen LogP contribution in [0.25, 0.3) is 0 Å². The SMILES string of the molecule is CCN/N=C/c1ccc2c(c1)C(C)(C)NC2=O. The van der Waals surface area contributed by atoms with Crippen LogP contribution in [0.15, 0.2) is 23.3 Å². The van der Waals surface area contributed by atoms with Gasteiger partial charge in [0.1, 0.15) is 0 Å². The van der Waals surface area contributed by atoms with Gasteiger partial charge in [-0.1, -0.05) is 6.07 Å². The molecule has 1 amide bonds. The van der Waals surface area contributed by atoms with Gasteiger partial charge in [0.25, 0.3) is 5.91 Å². The van der Waals surface area contributed by atoms with Gasteiger partial charge in [-0.25, -0.2) is 0 Å². The highest BCUT2D eigenvalue weighted by Gasteiger charge is 2.34. The standard InChI is InChI=1S/C13H17N3O/c1-4-14-15-8-9-5-6-10-11(7-9)13(2,3)16-12(10)17/h5-8,14H,4H2,1-3H3,(H,16,17)/b15-8+. The van der Waals surface area contributed by atoms with Gasteiger partial charge in [0.15, 0.2) is 0 Å². The maximum absolute atomic E-state index is 11.7. The van der Waals surface area contributed by atoms with E-state index in [0.717, 1.165) is 23.2 Å². The van der Waals surface area contributed by atoms with Crippen molar-refractivity contribution in [2.24, 2.45) is 5.10 Å². The molecule has 2 N–H and O–H groups in total. The van der Waals surface area contributed by atoms with E-state index in [1.54, 1.807) is 6.21 Å². The molecule has 90 valence electrons. The second-order valence-corrected chi connectivity index (χ2v) is 4.65. The number of hydrogen-bond donors (Lipinski definition) is 2. The molecule has 0 spiro atoms. The van der Waals surface area contributed by atoms with Crippen molar-refractivity contribution in [2.45, 2.75) is 26.3 Å². The zero-order chi connectivity index (χ0) is 12.5. The molecule has 1 aliphatic rings. The number of hydrazone groups is 1. The van der Waals surface area contributed by atoms with E-state index >= 15 is 0 Å². The van der Waals surface area contributed by atoms with Crippen molar-refractivity contribution in [3.05, 3.63) is 34.9 Å². The van der Waals surface area contributed by atoms with Gasteiger partial charge in [-0.05, 0) is 44.0 Å². The topological polar surface area (TPSA) is 53.5 Å². The first kappa shape index (κ1) is 11.6. The van der Waals surface area contributed by atoms with Crippen molar-refractivity contribution in [1.82, 2.24) is 10.7 Å². The third-order valence-corrected chi connectivity index (χ3v) is 2.85. The summed E-state index contributed by atoms with van der Waals surface area (Å²) < 4.78 is 0. The van der Waals surface area contributed by atoms with Gasteiger partial charge in [0.2, 0.25) is 0 Å². The van der Waals surface area contributed by atoms with Gasteiger partial charge in [-0.3, -0.25) is 4.79 Å². The molecule has 0 saturated heterocycles. The van der Waals surface area contributed by atoms with Gasteiger partial charge in [-0.2, -0.15) is 5.10 Å². The van der Waals surface area contributed by atoms with Crippen LogP contribution in [-0.4, -0.2) is 18.7 Å². The lowest BCUT2D eigenvalue weighted by atomic mass is 9.93. The molecule has 2 rings (SSSR count). The van der Waals surface area contributed by atoms with Crippen LogP contribution in [0.4, 0.5) is 0 Å². The number of carbonyl (C=O) groups excluding carboxylic acids is 1. The molecule has 1 heterocycles. The summed E-state index contributed by atoms with van der Waals surface area (Å²) >= 11 is 0. The van der Waals surface area contributed by atoms with Crippen molar-refractivity contribution in [3.63, 3.8) is 0 Å². The van der Waals surface area contributed by atoms with Crippen LogP contribution in [0.3, 0.4) is 0 Å². The molecule has 0 aromatic heterocycles. The first-order chi connectivity index (χ1) is 8.04. The van der Waals surface area contributed by atoms with E-state index in [0.29, 0.717) is 0 Å². The van der Waals surface area contributed by atoms with Crippen LogP contribution >= 0.6 is 0 Å². The van der Waals surface area contributed by atoms with Gasteiger partial charge in [-0.15, -0.1) is 0 Å². The van der Waals surface area contributed by atoms with Crippen LogP contribution in [0.2, 0.25) is 0 Å². The number of benzene rings is 1. The molecule has 1 aromatic rings. The normalized spacial score (nSPS) is 17.0. The van der Waals surface area contributed by atoms with E-state index in [2.05, 4.69) is 15.8 Å². The highest BCUT2D eigenvalue weighted by molar-refractivity contribution is 6.00. The Morgan fingerprint density at radius 3 is 2.94 bits per heavy atom. The first-order valence-corrected chi connectivity index (χ1v) is 5.77. The fraction of sp³-hybridized carbons (Fsp3) is 0.385. The second kappa shape index (κ2) is 4.20. The van der Waals surface area contributed by atoms with E-state index in [9.17, 15) is 4.79 Å². The van der Waals surface area contributed by atoms with E-state index in [1.807, 2.05) is 39.0 Å². The third kappa shape index (κ3) is 2.16. The minimum atomic E-state index is -0.297. The smallest absolute Gasteiger partial charge is 0.252 e. The van der Waals surface area contributed by atoms with Gasteiger partial charge < -0.3 is 10.7 Å². The molecule has 0 radical (unpaired) electrons. The van der Waals surface area contributed by atoms with E-state index in [4.69, 9.17) is 0 Å². The summed E-state index contributed by atoms with van der Waals surface area (Å²) in [5.41, 5.74) is 5.37. The van der Waals surface area contributed by atoms with Gasteiger partial charge in [0, 0.05) is 12.1 Å². The number of carbonyl (C=O) groups is 1. The maximum atomic E-state index is 11.7. The van der Waals surface area contributed by atoms with Gasteiger partial charge in [0.05, 0.1) is 11.8 Å². The molecule has 0 aliphatic carbocycles. The van der Waals surface area contributed by atoms with Gasteiger partial charge >= 0.3 is 0 Å². The molecule has 17 heavy (non-hydrogen) atoms. The quantitative estimate of drug-likeness (QED) is 0.613. The zero-order valence-corrected chi connectivity index (χ0v) is 10.4. The van der Waals surface area contributed by atoms with Crippen LogP contribution in [-0.2, 0) is 5.54 Å². The van der Waals surface area contributed by atoms with E-state index in [-0.39, 0.29) is 11.4 Å². The predicted molar refractivity (Wildman–Crippen MR) is 68.2 cm³/mol. The molecule has 1 aliphatic heterocycles. The molecule has 0 atom stereocenters. The van der Waals surface area contributed by atoms with E-state index in [1.165, 1.54) is 0 Å². The summed E-state index contributed by atoms with van der Waals surface area (Å²) in [4.78, 5) is 11.7. The monoisotopic (exact) mass is 231 g/mol. The highest BCUT2D eigenvalue weighted by Crippen LogP contribution is 2.30. The summed E-state index contributed by atoms with van der Waals surface area (Å²) in [6.07, 6.45) is 1.77. The fourth-order valence-electron chi connectivity index (χ4n) is 1.99. The lowest BCUT2D eigenvalue weighted by Gasteiger charge is -2.19. The van der Waals surface area contributed by atoms with Crippen LogP contribution in [0.1, 0.15) is 42.3 Å². The van der Waals surface area contributed by atoms with E-state index < -0.39 is 0 Å². The fourth-order valence-corrected chi connectivity index (χ4v) is 1.99. The van der Waals surface area contributed by atoms with Crippen molar-refractivity contribution in [2.75, 3.05) is 6.54 Å². The minimum Gasteiger partial charge on any atom is -0.343 e. The highest BCUT2D eigenvalue weighted by atomic mass is 16.2. The molecule has 4 heteroatoms. The second-order valence-electron chi connectivity index (χ2n) is 4.65. The summed E-state index contributed by atoms with van der Waals surface area (Å²) in [6.45, 7) is 6.79. The Kier molecular flexibility index (Phi) is 2.88. The number of nitrogens with zero attached hydrogens (tertiary/aromatic N) is 1. The Hall–Kier alpha value is -1.84. The zero-order valence-electron chi connectivity index (χ0n) is 10.4. The summed E-state index contributed by atoms with van der Waals surface area (Å²) in [7, 11) is 0. The van der Waals surface area contributed by atoms with Crippen LogP contribution < -0.4 is 10.7 Å². The molecule has 0 saturated carbocycles. The van der Waals surface area contributed by atoms with Crippen molar-refractivity contribution in [1.29, 1.82) is 0 Å². The molecule has 4 nitrogen and oxygen atoms in total. The van der Waals surface area contributed by atoms with Crippen LogP contribution in [0, 0.1) is 0 Å². The first-order valence-electron chi connectivity index (χ1n) is 5.77. The Bertz CT molecular complexity index is 478. The third-order valence-electron chi connectivity index (χ3n) is 2.85. The lowest BCUT2D eigenvalue weighted by molar-refractivity contribution is 0.0940. The summed E-state index contributed by atoms with van der Waals surface area (Å²) in [6, 6.07) is 5.77. The Morgan fingerprint density at radius 1 is 1.47 bits per heavy atom. The van der Waals surface area contributed by atoms with Crippen molar-refractivity contribution >= 4 is 12.1 Å². The number of rotatable bonds is 3. The average Bonchev–Trinajstić information content (AvgIpc) is 2.50. The number of nitrogens with one attached hydrogen (secondary N) is 2. The molecule has 0 bridgehead atoms. The number of amides is 1. The number of hydrogen-bond acceptors (Lipinski definition) is 3. The Morgan fingerprint density at radius 2 is 2.24 bits per heavy atom. The number of fused-ring (bicyclic) bond motifs is 1. The Balaban J connectivity index is 2.34. The Labute approximate surface area is 101 Å². The lowest BCUT2D eigenvalue weighted by Crippen LogP contribution is -2.32. The molecule has 1 aromatic carbocycles. The molecular weight excluding hydrogens is 214 g/mol. The van der Waals surface area contributed by atoms with Crippen molar-refractivity contribution < 1.29 is 4.79 Å². The maximum Gasteiger partial charge on any atom is 0.252 e. The average molecular weight is 231 g/mol. The largest absolute Gasteiger partial charge is 0.343 e. The minimum absolute atomic E-state index is 0.000159. The molecule has 0 unspecified atom stereocenters. The summed E-state index contributed by atoms with van der Waals surface area (Å²) in [5.74, 6) is 0.000159. The summed E-state index contributed by atoms with van der Waals surface area (Å²) in [5, 5.41) is 7.03. The molecular formula is C13H17N3O. The van der Waals surface area contributed by atoms with Crippen LogP contribution in [0.5, 0.6) is 0 Å².